The average Bonchev–Trinajstić information content (AvgIpc) is 3.53. The van der Waals surface area contributed by atoms with Crippen LogP contribution in [0, 0.1) is 33.5 Å². The van der Waals surface area contributed by atoms with Crippen LogP contribution in [0.5, 0.6) is 11.5 Å². The Hall–Kier alpha value is -1.59. The molecule has 0 amide bonds. The Morgan fingerprint density at radius 3 is 2.61 bits per heavy atom. The van der Waals surface area contributed by atoms with Crippen LogP contribution in [0.2, 0.25) is 0 Å². The van der Waals surface area contributed by atoms with Crippen molar-refractivity contribution in [2.75, 3.05) is 13.1 Å². The largest absolute Gasteiger partial charge is 0.504 e. The van der Waals surface area contributed by atoms with E-state index in [1.165, 1.54) is 36.8 Å². The second-order valence-electron chi connectivity index (χ2n) is 15.4. The summed E-state index contributed by atoms with van der Waals surface area (Å²) in [6, 6.07) is 4.41. The molecule has 2 N–H and O–H groups in total. The van der Waals surface area contributed by atoms with Gasteiger partial charge >= 0.3 is 0 Å². The number of rotatable bonds is 4. The molecule has 5 nitrogen and oxygen atoms in total. The zero-order valence-electron chi connectivity index (χ0n) is 22.5. The zero-order valence-corrected chi connectivity index (χ0v) is 22.5. The molecular formula is C31H41NO4. The molecule has 2 heterocycles. The van der Waals surface area contributed by atoms with Crippen molar-refractivity contribution in [3.05, 3.63) is 23.3 Å². The highest BCUT2D eigenvalue weighted by Gasteiger charge is 2.91. The molecule has 1 aromatic carbocycles. The first-order chi connectivity index (χ1) is 16.8. The van der Waals surface area contributed by atoms with Gasteiger partial charge in [0.15, 0.2) is 11.5 Å². The van der Waals surface area contributed by atoms with Gasteiger partial charge in [0.1, 0.15) is 11.9 Å². The first-order valence-corrected chi connectivity index (χ1v) is 14.3. The summed E-state index contributed by atoms with van der Waals surface area (Å²) >= 11 is 0. The van der Waals surface area contributed by atoms with Crippen molar-refractivity contribution in [3.8, 4) is 11.5 Å². The van der Waals surface area contributed by atoms with Crippen LogP contribution in [0.15, 0.2) is 12.1 Å². The fraction of sp³-hybridized carbons (Fsp3) is 0.774. The van der Waals surface area contributed by atoms with E-state index in [4.69, 9.17) is 4.74 Å². The molecule has 5 heteroatoms. The van der Waals surface area contributed by atoms with Crippen molar-refractivity contribution in [1.82, 2.24) is 4.90 Å². The highest BCUT2D eigenvalue weighted by molar-refractivity contribution is 5.74. The van der Waals surface area contributed by atoms with Crippen LogP contribution in [-0.4, -0.2) is 51.7 Å². The summed E-state index contributed by atoms with van der Waals surface area (Å²) in [5.41, 5.74) is -0.631. The van der Waals surface area contributed by atoms with Gasteiger partial charge in [-0.25, -0.2) is 0 Å². The van der Waals surface area contributed by atoms with Gasteiger partial charge in [0, 0.05) is 46.9 Å². The number of aliphatic hydroxyl groups is 1. The maximum Gasteiger partial charge on any atom is 0.166 e. The maximum atomic E-state index is 13.5. The van der Waals surface area contributed by atoms with Gasteiger partial charge in [-0.05, 0) is 81.8 Å². The number of phenols is 1. The van der Waals surface area contributed by atoms with E-state index in [-0.39, 0.29) is 33.3 Å². The predicted octanol–water partition coefficient (Wildman–Crippen LogP) is 4.60. The van der Waals surface area contributed by atoms with Crippen molar-refractivity contribution >= 4 is 6.29 Å². The van der Waals surface area contributed by atoms with Crippen molar-refractivity contribution in [3.63, 3.8) is 0 Å². The molecule has 8 aliphatic rings. The fourth-order valence-corrected chi connectivity index (χ4v) is 11.5. The summed E-state index contributed by atoms with van der Waals surface area (Å²) < 4.78 is 7.04. The molecule has 1 saturated heterocycles. The molecule has 2 aliphatic heterocycles. The number of hydrogen-bond acceptors (Lipinski definition) is 5. The van der Waals surface area contributed by atoms with Gasteiger partial charge in [0.05, 0.1) is 11.0 Å². The number of phenolic OH excluding ortho intramolecular Hbond substituents is 1. The van der Waals surface area contributed by atoms with Crippen molar-refractivity contribution < 1.29 is 19.7 Å². The Balaban J connectivity index is 1.43. The molecule has 9 rings (SSSR count). The van der Waals surface area contributed by atoms with E-state index >= 15 is 0 Å². The second kappa shape index (κ2) is 5.86. The number of nitrogens with zero attached hydrogens (tertiary/aromatic N) is 1. The molecule has 194 valence electrons. The molecule has 0 radical (unpaired) electrons. The van der Waals surface area contributed by atoms with E-state index in [9.17, 15) is 15.0 Å². The summed E-state index contributed by atoms with van der Waals surface area (Å²) in [5, 5.41) is 23.4. The SMILES string of the molecule is CC(C)(C)[C@@](C)(O)[C@H]1C[C@@]23CC[C@]1(C=O)[C@@]1(C)Oc4c(O)ccc5c4[C@]21CC1(C5)CN(CC2CC2)[C@H]13. The minimum atomic E-state index is -1.04. The van der Waals surface area contributed by atoms with Crippen LogP contribution >= 0.6 is 0 Å². The third-order valence-electron chi connectivity index (χ3n) is 13.4. The van der Waals surface area contributed by atoms with Crippen LogP contribution < -0.4 is 4.74 Å². The van der Waals surface area contributed by atoms with Gasteiger partial charge in [-0.2, -0.15) is 0 Å². The first-order valence-electron chi connectivity index (χ1n) is 14.3. The standard InChI is InChI=1S/C31H41NO4/c1-25(2,3)26(4,35)21-13-29-10-11-30(21,17-33)27(5)31(29)15-28(16-32(24(28)29)14-18-6-7-18)12-19-8-9-20(34)23(36-27)22(19)31/h8-9,17-18,21,24,34-35H,6-7,10-16H2,1-5H3/t21-,24-,26+,27-,28?,29-,30-,31+/m1/s1. The van der Waals surface area contributed by atoms with E-state index in [0.717, 1.165) is 44.6 Å². The third kappa shape index (κ3) is 1.94. The van der Waals surface area contributed by atoms with Gasteiger partial charge in [-0.15, -0.1) is 0 Å². The summed E-state index contributed by atoms with van der Waals surface area (Å²) in [4.78, 5) is 16.3. The highest BCUT2D eigenvalue weighted by atomic mass is 16.5. The third-order valence-corrected chi connectivity index (χ3v) is 13.4. The molecule has 5 saturated carbocycles. The molecule has 1 aromatic rings. The Kier molecular flexibility index (Phi) is 3.64. The van der Waals surface area contributed by atoms with Crippen LogP contribution in [0.1, 0.15) is 84.3 Å². The van der Waals surface area contributed by atoms with Crippen molar-refractivity contribution in [2.45, 2.75) is 102 Å². The highest BCUT2D eigenvalue weighted by Crippen LogP contribution is 2.88. The Labute approximate surface area is 214 Å². The zero-order chi connectivity index (χ0) is 25.3. The number of carbonyl (C=O) groups is 1. The topological polar surface area (TPSA) is 70.0 Å². The van der Waals surface area contributed by atoms with Gasteiger partial charge in [0.25, 0.3) is 0 Å². The van der Waals surface area contributed by atoms with Gasteiger partial charge in [-0.3, -0.25) is 4.90 Å². The summed E-state index contributed by atoms with van der Waals surface area (Å²) in [6.07, 6.45) is 8.58. The molecule has 1 unspecified atom stereocenters. The van der Waals surface area contributed by atoms with Crippen molar-refractivity contribution in [1.29, 1.82) is 0 Å². The molecular weight excluding hydrogens is 450 g/mol. The minimum Gasteiger partial charge on any atom is -0.504 e. The Bertz CT molecular complexity index is 1230. The van der Waals surface area contributed by atoms with E-state index in [0.29, 0.717) is 11.8 Å². The average molecular weight is 492 g/mol. The van der Waals surface area contributed by atoms with E-state index in [1.54, 1.807) is 0 Å². The lowest BCUT2D eigenvalue weighted by Gasteiger charge is -2.73. The number of likely N-dealkylation sites (tertiary alicyclic amines) is 1. The molecule has 3 spiro atoms. The lowest BCUT2D eigenvalue weighted by molar-refractivity contribution is -0.278. The molecule has 8 atom stereocenters. The lowest BCUT2D eigenvalue weighted by atomic mass is 9.31. The minimum absolute atomic E-state index is 0.0656. The maximum absolute atomic E-state index is 13.5. The van der Waals surface area contributed by atoms with E-state index in [1.807, 2.05) is 13.0 Å². The summed E-state index contributed by atoms with van der Waals surface area (Å²) in [5.74, 6) is 1.47. The molecule has 36 heavy (non-hydrogen) atoms. The first kappa shape index (κ1) is 22.4. The monoisotopic (exact) mass is 491 g/mol. The normalized spacial score (nSPS) is 49.1. The predicted molar refractivity (Wildman–Crippen MR) is 136 cm³/mol. The number of aromatic hydroxyl groups is 1. The molecule has 6 fully saturated rings. The van der Waals surface area contributed by atoms with Crippen LogP contribution in [-0.2, 0) is 16.6 Å². The number of fused-ring (bicyclic) bond motifs is 2. The number of benzene rings is 1. The van der Waals surface area contributed by atoms with E-state index < -0.39 is 16.6 Å². The number of carbonyl (C=O) groups excluding carboxylic acids is 1. The summed E-state index contributed by atoms with van der Waals surface area (Å²) in [7, 11) is 0. The molecule has 6 aliphatic carbocycles. The van der Waals surface area contributed by atoms with Gasteiger partial charge in [0.2, 0.25) is 0 Å². The second-order valence-corrected chi connectivity index (χ2v) is 15.4. The smallest absolute Gasteiger partial charge is 0.166 e. The number of aldehydes is 1. The fourth-order valence-electron chi connectivity index (χ4n) is 11.5. The van der Waals surface area contributed by atoms with Crippen LogP contribution in [0.4, 0.5) is 0 Å². The molecule has 0 aromatic heterocycles. The van der Waals surface area contributed by atoms with Gasteiger partial charge in [-0.1, -0.05) is 26.8 Å². The Morgan fingerprint density at radius 1 is 1.19 bits per heavy atom. The lowest BCUT2D eigenvalue weighted by Crippen LogP contribution is -2.80. The van der Waals surface area contributed by atoms with Crippen molar-refractivity contribution in [2.24, 2.45) is 33.5 Å². The quantitative estimate of drug-likeness (QED) is 0.603. The van der Waals surface area contributed by atoms with Crippen LogP contribution in [0.3, 0.4) is 0 Å². The van der Waals surface area contributed by atoms with E-state index in [2.05, 4.69) is 38.7 Å². The molecule has 4 bridgehead atoms. The van der Waals surface area contributed by atoms with Gasteiger partial charge < -0.3 is 19.7 Å². The number of ether oxygens (including phenoxy) is 1. The summed E-state index contributed by atoms with van der Waals surface area (Å²) in [6.45, 7) is 12.8. The Morgan fingerprint density at radius 2 is 1.94 bits per heavy atom. The number of hydrogen-bond donors (Lipinski definition) is 2. The van der Waals surface area contributed by atoms with Crippen LogP contribution in [0.25, 0.3) is 0 Å².